The van der Waals surface area contributed by atoms with E-state index in [4.69, 9.17) is 4.74 Å². The maximum atomic E-state index is 11.5. The standard InChI is InChI=1S/C26H34O2/c1-7-28-24(27)15-18(2)9-8-10-19-11-12-20-16-22-23(17-21(19)20)26(5,6)14-13-25(22,3)4/h8-10,15-17H,7,11-14H2,1-6H3. The van der Waals surface area contributed by atoms with E-state index in [9.17, 15) is 4.79 Å². The van der Waals surface area contributed by atoms with Crippen molar-refractivity contribution in [3.8, 4) is 0 Å². The zero-order valence-corrected chi connectivity index (χ0v) is 18.3. The van der Waals surface area contributed by atoms with Crippen LogP contribution in [0.3, 0.4) is 0 Å². The molecule has 2 aliphatic carbocycles. The Balaban J connectivity index is 1.89. The van der Waals surface area contributed by atoms with Gasteiger partial charge in [-0.05, 0) is 83.8 Å². The van der Waals surface area contributed by atoms with Crippen LogP contribution in [0.4, 0.5) is 0 Å². The van der Waals surface area contributed by atoms with Crippen molar-refractivity contribution < 1.29 is 9.53 Å². The molecule has 2 aliphatic rings. The monoisotopic (exact) mass is 378 g/mol. The van der Waals surface area contributed by atoms with E-state index in [1.54, 1.807) is 11.6 Å². The minimum absolute atomic E-state index is 0.238. The highest BCUT2D eigenvalue weighted by Crippen LogP contribution is 2.48. The van der Waals surface area contributed by atoms with E-state index in [-0.39, 0.29) is 16.8 Å². The average Bonchev–Trinajstić information content (AvgIpc) is 3.01. The molecule has 2 heteroatoms. The van der Waals surface area contributed by atoms with Gasteiger partial charge in [0.25, 0.3) is 0 Å². The van der Waals surface area contributed by atoms with Crippen LogP contribution in [-0.2, 0) is 26.8 Å². The van der Waals surface area contributed by atoms with E-state index in [1.807, 2.05) is 19.9 Å². The molecule has 0 atom stereocenters. The fraction of sp³-hybridized carbons (Fsp3) is 0.500. The normalized spacial score (nSPS) is 21.6. The van der Waals surface area contributed by atoms with Crippen LogP contribution in [0.5, 0.6) is 0 Å². The van der Waals surface area contributed by atoms with Gasteiger partial charge in [-0.3, -0.25) is 0 Å². The van der Waals surface area contributed by atoms with Crippen molar-refractivity contribution in [1.29, 1.82) is 0 Å². The molecule has 2 nitrogen and oxygen atoms in total. The molecule has 3 rings (SSSR count). The molecular formula is C26H34O2. The molecule has 0 radical (unpaired) electrons. The fourth-order valence-corrected chi connectivity index (χ4v) is 4.48. The summed E-state index contributed by atoms with van der Waals surface area (Å²) < 4.78 is 4.96. The van der Waals surface area contributed by atoms with Crippen LogP contribution >= 0.6 is 0 Å². The number of hydrogen-bond donors (Lipinski definition) is 0. The molecule has 0 aliphatic heterocycles. The zero-order chi connectivity index (χ0) is 20.5. The van der Waals surface area contributed by atoms with Crippen molar-refractivity contribution in [3.63, 3.8) is 0 Å². The molecule has 0 amide bonds. The number of carbonyl (C=O) groups is 1. The van der Waals surface area contributed by atoms with Crippen LogP contribution in [-0.4, -0.2) is 12.6 Å². The summed E-state index contributed by atoms with van der Waals surface area (Å²) in [5, 5.41) is 0. The summed E-state index contributed by atoms with van der Waals surface area (Å²) in [4.78, 5) is 11.5. The fourth-order valence-electron chi connectivity index (χ4n) is 4.48. The Kier molecular flexibility index (Phi) is 5.70. The van der Waals surface area contributed by atoms with Crippen LogP contribution in [0.25, 0.3) is 5.57 Å². The summed E-state index contributed by atoms with van der Waals surface area (Å²) in [7, 11) is 0. The predicted octanol–water partition coefficient (Wildman–Crippen LogP) is 6.43. The van der Waals surface area contributed by atoms with Crippen molar-refractivity contribution in [2.24, 2.45) is 0 Å². The van der Waals surface area contributed by atoms with E-state index in [0.29, 0.717) is 6.61 Å². The van der Waals surface area contributed by atoms with Crippen molar-refractivity contribution >= 4 is 11.5 Å². The van der Waals surface area contributed by atoms with Gasteiger partial charge in [-0.15, -0.1) is 0 Å². The minimum Gasteiger partial charge on any atom is -0.463 e. The van der Waals surface area contributed by atoms with Crippen LogP contribution in [0, 0.1) is 0 Å². The summed E-state index contributed by atoms with van der Waals surface area (Å²) in [5.41, 5.74) is 8.79. The smallest absolute Gasteiger partial charge is 0.330 e. The first-order valence-corrected chi connectivity index (χ1v) is 10.5. The van der Waals surface area contributed by atoms with Gasteiger partial charge in [0.15, 0.2) is 0 Å². The molecule has 0 unspecified atom stereocenters. The molecule has 0 saturated heterocycles. The lowest BCUT2D eigenvalue weighted by Gasteiger charge is -2.42. The van der Waals surface area contributed by atoms with Gasteiger partial charge in [-0.25, -0.2) is 4.79 Å². The van der Waals surface area contributed by atoms with Crippen molar-refractivity contribution in [2.45, 2.75) is 78.1 Å². The topological polar surface area (TPSA) is 26.3 Å². The second kappa shape index (κ2) is 7.73. The summed E-state index contributed by atoms with van der Waals surface area (Å²) in [6.45, 7) is 13.7. The first-order chi connectivity index (χ1) is 13.1. The first kappa shape index (κ1) is 20.6. The van der Waals surface area contributed by atoms with Gasteiger partial charge in [-0.1, -0.05) is 58.1 Å². The Hall–Kier alpha value is -2.09. The third kappa shape index (κ3) is 4.16. The molecule has 1 aromatic rings. The molecule has 0 saturated carbocycles. The second-order valence-corrected chi connectivity index (χ2v) is 9.51. The maximum Gasteiger partial charge on any atom is 0.330 e. The Morgan fingerprint density at radius 1 is 1.07 bits per heavy atom. The molecule has 0 bridgehead atoms. The van der Waals surface area contributed by atoms with Gasteiger partial charge in [-0.2, -0.15) is 0 Å². The molecule has 0 heterocycles. The highest BCUT2D eigenvalue weighted by molar-refractivity contribution is 5.83. The third-order valence-electron chi connectivity index (χ3n) is 6.37. The Bertz CT molecular complexity index is 863. The van der Waals surface area contributed by atoms with Gasteiger partial charge in [0.2, 0.25) is 0 Å². The van der Waals surface area contributed by atoms with Crippen molar-refractivity contribution in [2.75, 3.05) is 6.61 Å². The molecule has 0 spiro atoms. The largest absolute Gasteiger partial charge is 0.463 e. The summed E-state index contributed by atoms with van der Waals surface area (Å²) in [6, 6.07) is 4.96. The minimum atomic E-state index is -0.278. The summed E-state index contributed by atoms with van der Waals surface area (Å²) >= 11 is 0. The zero-order valence-electron chi connectivity index (χ0n) is 18.3. The van der Waals surface area contributed by atoms with Gasteiger partial charge in [0.05, 0.1) is 6.61 Å². The lowest BCUT2D eigenvalue weighted by Crippen LogP contribution is -2.34. The van der Waals surface area contributed by atoms with E-state index < -0.39 is 0 Å². The number of rotatable bonds is 4. The summed E-state index contributed by atoms with van der Waals surface area (Å²) in [5.74, 6) is -0.278. The van der Waals surface area contributed by atoms with Crippen LogP contribution < -0.4 is 0 Å². The molecular weight excluding hydrogens is 344 g/mol. The van der Waals surface area contributed by atoms with Crippen molar-refractivity contribution in [3.05, 3.63) is 64.3 Å². The summed E-state index contributed by atoms with van der Waals surface area (Å²) in [6.07, 6.45) is 12.5. The predicted molar refractivity (Wildman–Crippen MR) is 118 cm³/mol. The quantitative estimate of drug-likeness (QED) is 0.343. The number of aryl methyl sites for hydroxylation is 1. The number of carbonyl (C=O) groups excluding carboxylic acids is 1. The van der Waals surface area contributed by atoms with Crippen LogP contribution in [0.2, 0.25) is 0 Å². The molecule has 0 N–H and O–H groups in total. The molecule has 1 aromatic carbocycles. The van der Waals surface area contributed by atoms with E-state index in [1.165, 1.54) is 35.1 Å². The average molecular weight is 379 g/mol. The molecule has 28 heavy (non-hydrogen) atoms. The molecule has 0 aromatic heterocycles. The van der Waals surface area contributed by atoms with Gasteiger partial charge >= 0.3 is 5.97 Å². The number of ether oxygens (including phenoxy) is 1. The Morgan fingerprint density at radius 3 is 2.36 bits per heavy atom. The first-order valence-electron chi connectivity index (χ1n) is 10.5. The number of fused-ring (bicyclic) bond motifs is 2. The lowest BCUT2D eigenvalue weighted by molar-refractivity contribution is -0.137. The van der Waals surface area contributed by atoms with Gasteiger partial charge in [0, 0.05) is 6.08 Å². The molecule has 0 fully saturated rings. The number of allylic oxidation sites excluding steroid dienone is 5. The van der Waals surface area contributed by atoms with E-state index >= 15 is 0 Å². The van der Waals surface area contributed by atoms with Crippen molar-refractivity contribution in [1.82, 2.24) is 0 Å². The molecule has 150 valence electrons. The highest BCUT2D eigenvalue weighted by atomic mass is 16.5. The van der Waals surface area contributed by atoms with E-state index in [2.05, 4.69) is 52.0 Å². The van der Waals surface area contributed by atoms with Crippen LogP contribution in [0.15, 0.2) is 42.0 Å². The number of benzene rings is 1. The Morgan fingerprint density at radius 2 is 1.71 bits per heavy atom. The van der Waals surface area contributed by atoms with Gasteiger partial charge in [0.1, 0.15) is 0 Å². The lowest BCUT2D eigenvalue weighted by atomic mass is 9.62. The van der Waals surface area contributed by atoms with E-state index in [0.717, 1.165) is 18.4 Å². The van der Waals surface area contributed by atoms with Crippen LogP contribution in [0.1, 0.15) is 83.1 Å². The number of hydrogen-bond acceptors (Lipinski definition) is 2. The maximum absolute atomic E-state index is 11.5. The highest BCUT2D eigenvalue weighted by Gasteiger charge is 2.38. The SMILES string of the molecule is CCOC(=O)C=C(C)C=CC=C1CCc2cc3c(cc21)C(C)(C)CCC3(C)C. The Labute approximate surface area is 170 Å². The van der Waals surface area contributed by atoms with Gasteiger partial charge < -0.3 is 4.74 Å². The second-order valence-electron chi connectivity index (χ2n) is 9.51. The number of esters is 1. The third-order valence-corrected chi connectivity index (χ3v) is 6.37.